The van der Waals surface area contributed by atoms with E-state index in [1.54, 1.807) is 7.05 Å². The van der Waals surface area contributed by atoms with E-state index in [1.807, 2.05) is 30.3 Å². The van der Waals surface area contributed by atoms with Crippen molar-refractivity contribution in [3.8, 4) is 5.75 Å². The van der Waals surface area contributed by atoms with E-state index in [0.29, 0.717) is 13.2 Å². The van der Waals surface area contributed by atoms with Crippen LogP contribution in [-0.2, 0) is 17.8 Å². The van der Waals surface area contributed by atoms with Crippen LogP contribution in [0.15, 0.2) is 54.6 Å². The molecule has 0 saturated heterocycles. The van der Waals surface area contributed by atoms with Gasteiger partial charge in [0.25, 0.3) is 0 Å². The fourth-order valence-electron chi connectivity index (χ4n) is 3.00. The number of carbonyl (C=O) groups excluding carboxylic acids is 1. The topological polar surface area (TPSA) is 41.6 Å². The summed E-state index contributed by atoms with van der Waals surface area (Å²) >= 11 is 0. The highest BCUT2D eigenvalue weighted by atomic mass is 16.5. The van der Waals surface area contributed by atoms with E-state index in [2.05, 4.69) is 34.5 Å². The Morgan fingerprint density at radius 2 is 1.88 bits per heavy atom. The maximum Gasteiger partial charge on any atom is 0.233 e. The lowest BCUT2D eigenvalue weighted by Gasteiger charge is -2.21. The average molecular weight is 352 g/mol. The Balaban J connectivity index is 1.52. The number of rotatable bonds is 10. The molecule has 1 saturated carbocycles. The molecule has 0 spiro atoms. The van der Waals surface area contributed by atoms with Crippen molar-refractivity contribution in [1.29, 1.82) is 0 Å². The molecule has 138 valence electrons. The number of likely N-dealkylation sites (N-methyl/N-ethyl adjacent to an activating group) is 1. The minimum Gasteiger partial charge on any atom is -0.489 e. The Morgan fingerprint density at radius 1 is 1.12 bits per heavy atom. The van der Waals surface area contributed by atoms with Crippen LogP contribution in [0.25, 0.3) is 0 Å². The van der Waals surface area contributed by atoms with Gasteiger partial charge in [-0.15, -0.1) is 0 Å². The molecule has 2 aromatic rings. The number of nitrogens with zero attached hydrogens (tertiary/aromatic N) is 1. The molecule has 2 aromatic carbocycles. The van der Waals surface area contributed by atoms with E-state index >= 15 is 0 Å². The van der Waals surface area contributed by atoms with Crippen LogP contribution in [0.4, 0.5) is 0 Å². The molecule has 1 amide bonds. The molecule has 1 fully saturated rings. The second-order valence-electron chi connectivity index (χ2n) is 7.02. The smallest absolute Gasteiger partial charge is 0.233 e. The van der Waals surface area contributed by atoms with Crippen LogP contribution in [0.2, 0.25) is 0 Å². The largest absolute Gasteiger partial charge is 0.489 e. The summed E-state index contributed by atoms with van der Waals surface area (Å²) in [5.74, 6) is 1.76. The molecular formula is C22H28N2O2. The van der Waals surface area contributed by atoms with E-state index in [-0.39, 0.29) is 5.91 Å². The van der Waals surface area contributed by atoms with Crippen molar-refractivity contribution in [2.24, 2.45) is 5.92 Å². The highest BCUT2D eigenvalue weighted by Crippen LogP contribution is 2.29. The van der Waals surface area contributed by atoms with Gasteiger partial charge in [0.15, 0.2) is 0 Å². The van der Waals surface area contributed by atoms with Gasteiger partial charge in [-0.25, -0.2) is 0 Å². The lowest BCUT2D eigenvalue weighted by atomic mass is 10.1. The van der Waals surface area contributed by atoms with Crippen LogP contribution in [0.5, 0.6) is 5.75 Å². The molecule has 1 N–H and O–H groups in total. The fourth-order valence-corrected chi connectivity index (χ4v) is 3.00. The van der Waals surface area contributed by atoms with Crippen molar-refractivity contribution in [2.45, 2.75) is 25.9 Å². The van der Waals surface area contributed by atoms with Gasteiger partial charge < -0.3 is 10.1 Å². The van der Waals surface area contributed by atoms with Gasteiger partial charge in [-0.3, -0.25) is 9.69 Å². The van der Waals surface area contributed by atoms with E-state index in [4.69, 9.17) is 4.74 Å². The van der Waals surface area contributed by atoms with Gasteiger partial charge in [0.05, 0.1) is 6.54 Å². The Morgan fingerprint density at radius 3 is 2.62 bits per heavy atom. The first kappa shape index (κ1) is 18.5. The van der Waals surface area contributed by atoms with Gasteiger partial charge >= 0.3 is 0 Å². The van der Waals surface area contributed by atoms with Crippen molar-refractivity contribution in [3.05, 3.63) is 65.7 Å². The zero-order valence-corrected chi connectivity index (χ0v) is 15.5. The first-order valence-corrected chi connectivity index (χ1v) is 9.41. The molecule has 3 rings (SSSR count). The lowest BCUT2D eigenvalue weighted by Crippen LogP contribution is -2.38. The molecule has 0 aromatic heterocycles. The van der Waals surface area contributed by atoms with Crippen molar-refractivity contribution in [1.82, 2.24) is 10.2 Å². The van der Waals surface area contributed by atoms with Gasteiger partial charge in [0, 0.05) is 20.1 Å². The number of benzene rings is 2. The van der Waals surface area contributed by atoms with Gasteiger partial charge in [0.2, 0.25) is 5.91 Å². The zero-order valence-electron chi connectivity index (χ0n) is 15.5. The number of carbonyl (C=O) groups is 1. The summed E-state index contributed by atoms with van der Waals surface area (Å²) in [5, 5.41) is 2.73. The molecule has 4 heteroatoms. The number of amides is 1. The second-order valence-corrected chi connectivity index (χ2v) is 7.02. The van der Waals surface area contributed by atoms with Gasteiger partial charge in [-0.1, -0.05) is 42.5 Å². The van der Waals surface area contributed by atoms with Crippen molar-refractivity contribution >= 4 is 5.91 Å². The molecule has 0 heterocycles. The van der Waals surface area contributed by atoms with Crippen LogP contribution < -0.4 is 10.1 Å². The minimum atomic E-state index is 0.0885. The average Bonchev–Trinajstić information content (AvgIpc) is 3.49. The number of nitrogens with one attached hydrogen (secondary N) is 1. The van der Waals surface area contributed by atoms with Gasteiger partial charge in [-0.2, -0.15) is 0 Å². The quantitative estimate of drug-likeness (QED) is 0.714. The summed E-state index contributed by atoms with van der Waals surface area (Å²) < 4.78 is 5.92. The molecule has 1 aliphatic rings. The molecule has 0 radical (unpaired) electrons. The van der Waals surface area contributed by atoms with Crippen molar-refractivity contribution in [3.63, 3.8) is 0 Å². The zero-order chi connectivity index (χ0) is 18.2. The maximum absolute atomic E-state index is 11.7. The summed E-state index contributed by atoms with van der Waals surface area (Å²) in [6.07, 6.45) is 3.52. The summed E-state index contributed by atoms with van der Waals surface area (Å²) in [7, 11) is 1.70. The van der Waals surface area contributed by atoms with Crippen molar-refractivity contribution < 1.29 is 9.53 Å². The molecule has 0 unspecified atom stereocenters. The van der Waals surface area contributed by atoms with Crippen LogP contribution in [0.3, 0.4) is 0 Å². The monoisotopic (exact) mass is 352 g/mol. The predicted molar refractivity (Wildman–Crippen MR) is 104 cm³/mol. The van der Waals surface area contributed by atoms with E-state index in [1.165, 1.54) is 24.0 Å². The molecule has 0 atom stereocenters. The van der Waals surface area contributed by atoms with E-state index in [9.17, 15) is 4.79 Å². The summed E-state index contributed by atoms with van der Waals surface area (Å²) in [4.78, 5) is 14.0. The third-order valence-corrected chi connectivity index (χ3v) is 4.72. The number of ether oxygens (including phenoxy) is 1. The molecule has 0 bridgehead atoms. The number of hydrogen-bond acceptors (Lipinski definition) is 3. The Hall–Kier alpha value is -2.33. The third-order valence-electron chi connectivity index (χ3n) is 4.72. The summed E-state index contributed by atoms with van der Waals surface area (Å²) in [6.45, 7) is 2.98. The van der Waals surface area contributed by atoms with Gasteiger partial charge in [-0.05, 0) is 48.4 Å². The molecule has 26 heavy (non-hydrogen) atoms. The molecule has 0 aliphatic heterocycles. The van der Waals surface area contributed by atoms with E-state index in [0.717, 1.165) is 31.2 Å². The summed E-state index contributed by atoms with van der Waals surface area (Å²) in [6, 6.07) is 18.5. The number of hydrogen-bond donors (Lipinski definition) is 1. The normalized spacial score (nSPS) is 13.6. The molecule has 4 nitrogen and oxygen atoms in total. The van der Waals surface area contributed by atoms with Crippen LogP contribution in [-0.4, -0.2) is 37.5 Å². The van der Waals surface area contributed by atoms with Crippen LogP contribution in [0.1, 0.15) is 24.0 Å². The van der Waals surface area contributed by atoms with Gasteiger partial charge in [0.1, 0.15) is 12.4 Å². The Labute approximate surface area is 156 Å². The van der Waals surface area contributed by atoms with E-state index < -0.39 is 0 Å². The fraction of sp³-hybridized carbons (Fsp3) is 0.409. The minimum absolute atomic E-state index is 0.0885. The first-order valence-electron chi connectivity index (χ1n) is 9.41. The first-order chi connectivity index (χ1) is 12.7. The standard InChI is InChI=1S/C22H28N2O2/c1-23-22(25)16-24(15-19-10-11-19)13-12-18-8-5-9-21(14-18)26-17-20-6-3-2-4-7-20/h2-9,14,19H,10-13,15-17H2,1H3,(H,23,25). The Kier molecular flexibility index (Phi) is 6.67. The third kappa shape index (κ3) is 6.19. The molecular weight excluding hydrogens is 324 g/mol. The SMILES string of the molecule is CNC(=O)CN(CCc1cccc(OCc2ccccc2)c1)CC1CC1. The summed E-state index contributed by atoms with van der Waals surface area (Å²) in [5.41, 5.74) is 2.41. The van der Waals surface area contributed by atoms with Crippen LogP contribution in [0, 0.1) is 5.92 Å². The highest BCUT2D eigenvalue weighted by Gasteiger charge is 2.24. The molecule has 1 aliphatic carbocycles. The van der Waals surface area contributed by atoms with Crippen LogP contribution >= 0.6 is 0 Å². The predicted octanol–water partition coefficient (Wildman–Crippen LogP) is 3.27. The second kappa shape index (κ2) is 9.39. The Bertz CT molecular complexity index is 698. The lowest BCUT2D eigenvalue weighted by molar-refractivity contribution is -0.121. The maximum atomic E-state index is 11.7. The van der Waals surface area contributed by atoms with Crippen molar-refractivity contribution in [2.75, 3.05) is 26.7 Å². The highest BCUT2D eigenvalue weighted by molar-refractivity contribution is 5.77.